The maximum absolute atomic E-state index is 12.5. The molecule has 0 unspecified atom stereocenters. The molecule has 5 nitrogen and oxygen atoms in total. The highest BCUT2D eigenvalue weighted by Crippen LogP contribution is 2.21. The molecule has 0 saturated heterocycles. The van der Waals surface area contributed by atoms with Crippen LogP contribution in [-0.4, -0.2) is 13.4 Å². The number of benzene rings is 2. The van der Waals surface area contributed by atoms with Crippen LogP contribution in [0.25, 0.3) is 0 Å². The number of pyridine rings is 1. The van der Waals surface area contributed by atoms with Gasteiger partial charge in [0.05, 0.1) is 16.8 Å². The number of hydrogen-bond donors (Lipinski definition) is 2. The minimum absolute atomic E-state index is 0.218. The first-order valence-electron chi connectivity index (χ1n) is 8.35. The molecule has 3 rings (SSSR count). The third-order valence-corrected chi connectivity index (χ3v) is 5.29. The van der Waals surface area contributed by atoms with Gasteiger partial charge in [0.15, 0.2) is 0 Å². The molecule has 1 heterocycles. The summed E-state index contributed by atoms with van der Waals surface area (Å²) in [6.07, 6.45) is 1.59. The van der Waals surface area contributed by atoms with Crippen molar-refractivity contribution in [3.05, 3.63) is 78.5 Å². The van der Waals surface area contributed by atoms with Crippen molar-refractivity contribution < 1.29 is 8.42 Å². The number of sulfonamides is 1. The van der Waals surface area contributed by atoms with Crippen LogP contribution in [0.2, 0.25) is 0 Å². The van der Waals surface area contributed by atoms with Gasteiger partial charge in [0.2, 0.25) is 0 Å². The highest BCUT2D eigenvalue weighted by molar-refractivity contribution is 7.92. The zero-order valence-corrected chi connectivity index (χ0v) is 15.5. The lowest BCUT2D eigenvalue weighted by atomic mass is 10.0. The molecular weight excluding hydrogens is 346 g/mol. The number of hydrogen-bond acceptors (Lipinski definition) is 4. The van der Waals surface area contributed by atoms with Crippen LogP contribution < -0.4 is 10.0 Å². The third kappa shape index (κ3) is 4.40. The zero-order valence-electron chi connectivity index (χ0n) is 14.7. The van der Waals surface area contributed by atoms with Crippen molar-refractivity contribution >= 4 is 27.2 Å². The fourth-order valence-electron chi connectivity index (χ4n) is 2.44. The summed E-state index contributed by atoms with van der Waals surface area (Å²) >= 11 is 0. The van der Waals surface area contributed by atoms with Crippen LogP contribution >= 0.6 is 0 Å². The normalized spacial score (nSPS) is 11.3. The molecule has 0 spiro atoms. The van der Waals surface area contributed by atoms with Crippen molar-refractivity contribution in [2.24, 2.45) is 0 Å². The molecule has 1 aromatic heterocycles. The lowest BCUT2D eigenvalue weighted by Crippen LogP contribution is -2.14. The summed E-state index contributed by atoms with van der Waals surface area (Å²) in [5.41, 5.74) is 2.81. The molecule has 2 aromatic carbocycles. The lowest BCUT2D eigenvalue weighted by molar-refractivity contribution is 0.601. The second-order valence-electron chi connectivity index (χ2n) is 6.25. The second-order valence-corrected chi connectivity index (χ2v) is 7.93. The maximum Gasteiger partial charge on any atom is 0.263 e. The monoisotopic (exact) mass is 367 g/mol. The molecule has 3 aromatic rings. The van der Waals surface area contributed by atoms with Crippen molar-refractivity contribution in [2.75, 3.05) is 10.0 Å². The largest absolute Gasteiger partial charge is 0.354 e. The fraction of sp³-hybridized carbons (Fsp3) is 0.150. The van der Waals surface area contributed by atoms with Gasteiger partial charge in [0.1, 0.15) is 5.82 Å². The Kier molecular flexibility index (Phi) is 5.23. The average Bonchev–Trinajstić information content (AvgIpc) is 2.64. The van der Waals surface area contributed by atoms with E-state index in [0.29, 0.717) is 5.92 Å². The second kappa shape index (κ2) is 7.58. The van der Waals surface area contributed by atoms with E-state index in [4.69, 9.17) is 0 Å². The first-order chi connectivity index (χ1) is 12.4. The minimum atomic E-state index is -3.66. The molecule has 0 aliphatic heterocycles. The van der Waals surface area contributed by atoms with Crippen LogP contribution in [0.1, 0.15) is 25.3 Å². The van der Waals surface area contributed by atoms with Gasteiger partial charge in [-0.1, -0.05) is 44.2 Å². The van der Waals surface area contributed by atoms with E-state index < -0.39 is 10.0 Å². The molecule has 0 amide bonds. The highest BCUT2D eigenvalue weighted by Gasteiger charge is 2.15. The molecule has 0 radical (unpaired) electrons. The Hall–Kier alpha value is -2.86. The predicted molar refractivity (Wildman–Crippen MR) is 105 cm³/mol. The Labute approximate surface area is 154 Å². The third-order valence-electron chi connectivity index (χ3n) is 3.92. The van der Waals surface area contributed by atoms with Crippen LogP contribution in [0.5, 0.6) is 0 Å². The SMILES string of the molecule is CC(C)c1ccc(S(=O)(=O)Nc2ccc(Nc3ccccc3)cn2)cc1. The minimum Gasteiger partial charge on any atom is -0.354 e. The lowest BCUT2D eigenvalue weighted by Gasteiger charge is -2.10. The topological polar surface area (TPSA) is 71.1 Å². The molecular formula is C20H21N3O2S. The van der Waals surface area contributed by atoms with E-state index in [-0.39, 0.29) is 10.7 Å². The number of nitrogens with zero attached hydrogens (tertiary/aromatic N) is 1. The molecule has 134 valence electrons. The molecule has 0 atom stereocenters. The van der Waals surface area contributed by atoms with Gasteiger partial charge in [0.25, 0.3) is 10.0 Å². The van der Waals surface area contributed by atoms with Gasteiger partial charge < -0.3 is 5.32 Å². The van der Waals surface area contributed by atoms with Crippen molar-refractivity contribution in [2.45, 2.75) is 24.7 Å². The Balaban J connectivity index is 1.71. The van der Waals surface area contributed by atoms with E-state index in [1.165, 1.54) is 0 Å². The number of anilines is 3. The van der Waals surface area contributed by atoms with Gasteiger partial charge in [-0.2, -0.15) is 0 Å². The van der Waals surface area contributed by atoms with Crippen molar-refractivity contribution in [3.63, 3.8) is 0 Å². The zero-order chi connectivity index (χ0) is 18.6. The average molecular weight is 367 g/mol. The van der Waals surface area contributed by atoms with E-state index >= 15 is 0 Å². The molecule has 0 fully saturated rings. The highest BCUT2D eigenvalue weighted by atomic mass is 32.2. The number of aromatic nitrogens is 1. The fourth-order valence-corrected chi connectivity index (χ4v) is 3.45. The van der Waals surface area contributed by atoms with E-state index in [1.807, 2.05) is 42.5 Å². The Morgan fingerprint density at radius 1 is 0.846 bits per heavy atom. The quantitative estimate of drug-likeness (QED) is 0.659. The van der Waals surface area contributed by atoms with E-state index in [2.05, 4.69) is 28.9 Å². The summed E-state index contributed by atoms with van der Waals surface area (Å²) in [6, 6.07) is 20.0. The number of para-hydroxylation sites is 1. The van der Waals surface area contributed by atoms with Gasteiger partial charge in [-0.15, -0.1) is 0 Å². The first-order valence-corrected chi connectivity index (χ1v) is 9.83. The standard InChI is InChI=1S/C20H21N3O2S/c1-15(2)16-8-11-19(12-9-16)26(24,25)23-20-13-10-18(14-21-20)22-17-6-4-3-5-7-17/h3-15,22H,1-2H3,(H,21,23). The summed E-state index contributed by atoms with van der Waals surface area (Å²) < 4.78 is 27.5. The van der Waals surface area contributed by atoms with Crippen LogP contribution in [0.4, 0.5) is 17.2 Å². The Bertz CT molecular complexity index is 952. The van der Waals surface area contributed by atoms with Crippen LogP contribution in [0, 0.1) is 0 Å². The van der Waals surface area contributed by atoms with Crippen LogP contribution in [-0.2, 0) is 10.0 Å². The first kappa shape index (κ1) is 17.9. The van der Waals surface area contributed by atoms with Crippen molar-refractivity contribution in [1.82, 2.24) is 4.98 Å². The molecule has 26 heavy (non-hydrogen) atoms. The summed E-state index contributed by atoms with van der Waals surface area (Å²) in [5, 5.41) is 3.20. The smallest absolute Gasteiger partial charge is 0.263 e. The molecule has 0 aliphatic rings. The number of rotatable bonds is 6. The maximum atomic E-state index is 12.5. The molecule has 2 N–H and O–H groups in total. The van der Waals surface area contributed by atoms with Crippen molar-refractivity contribution in [3.8, 4) is 0 Å². The van der Waals surface area contributed by atoms with Gasteiger partial charge in [-0.05, 0) is 47.9 Å². The van der Waals surface area contributed by atoms with E-state index in [9.17, 15) is 8.42 Å². The van der Waals surface area contributed by atoms with Gasteiger partial charge in [-0.3, -0.25) is 4.72 Å². The van der Waals surface area contributed by atoms with Gasteiger partial charge >= 0.3 is 0 Å². The summed E-state index contributed by atoms with van der Waals surface area (Å²) in [7, 11) is -3.66. The summed E-state index contributed by atoms with van der Waals surface area (Å²) in [6.45, 7) is 4.13. The van der Waals surface area contributed by atoms with Gasteiger partial charge in [-0.25, -0.2) is 13.4 Å². The molecule has 0 saturated carbocycles. The van der Waals surface area contributed by atoms with E-state index in [0.717, 1.165) is 16.9 Å². The molecule has 6 heteroatoms. The van der Waals surface area contributed by atoms with E-state index in [1.54, 1.807) is 30.5 Å². The predicted octanol–water partition coefficient (Wildman–Crippen LogP) is 4.75. The number of nitrogens with one attached hydrogen (secondary N) is 2. The summed E-state index contributed by atoms with van der Waals surface area (Å²) in [4.78, 5) is 4.40. The van der Waals surface area contributed by atoms with Gasteiger partial charge in [0, 0.05) is 5.69 Å². The Morgan fingerprint density at radius 2 is 1.54 bits per heavy atom. The van der Waals surface area contributed by atoms with Crippen LogP contribution in [0.3, 0.4) is 0 Å². The van der Waals surface area contributed by atoms with Crippen LogP contribution in [0.15, 0.2) is 77.8 Å². The Morgan fingerprint density at radius 3 is 2.12 bits per heavy atom. The summed E-state index contributed by atoms with van der Waals surface area (Å²) in [5.74, 6) is 0.627. The van der Waals surface area contributed by atoms with Crippen molar-refractivity contribution in [1.29, 1.82) is 0 Å². The molecule has 0 aliphatic carbocycles. The molecule has 0 bridgehead atoms.